The molecule has 0 aliphatic rings. The van der Waals surface area contributed by atoms with Gasteiger partial charge in [0.2, 0.25) is 0 Å². The zero-order chi connectivity index (χ0) is 24.2. The number of benzene rings is 2. The number of para-hydroxylation sites is 1. The lowest BCUT2D eigenvalue weighted by molar-refractivity contribution is 0.102. The molecule has 4 rings (SSSR count). The Hall–Kier alpha value is -3.99. The second-order valence-corrected chi connectivity index (χ2v) is 8.37. The maximum absolute atomic E-state index is 13.8. The lowest BCUT2D eigenvalue weighted by Crippen LogP contribution is -2.27. The van der Waals surface area contributed by atoms with Crippen LogP contribution in [0.2, 0.25) is 0 Å². The number of hydrogen-bond acceptors (Lipinski definition) is 3. The molecule has 2 aromatic heterocycles. The SMILES string of the molecule is CCc1cccc(CC)c1NC(=O)c1c(-c2ccccn2)n(-c2ccc(C)cc2)c(C)cc1=O. The third-order valence-corrected chi connectivity index (χ3v) is 6.06. The van der Waals surface area contributed by atoms with Crippen LogP contribution in [0.5, 0.6) is 0 Å². The molecule has 0 aliphatic heterocycles. The van der Waals surface area contributed by atoms with Crippen molar-refractivity contribution < 1.29 is 4.79 Å². The number of aromatic nitrogens is 2. The standard InChI is InChI=1S/C29H29N3O2/c1-5-21-10-9-11-22(6-2)27(21)31-29(34)26-25(33)18-20(4)32(23-15-13-19(3)14-16-23)28(26)24-12-7-8-17-30-24/h7-18H,5-6H2,1-4H3,(H,31,34). The van der Waals surface area contributed by atoms with Crippen LogP contribution in [-0.2, 0) is 12.8 Å². The largest absolute Gasteiger partial charge is 0.321 e. The number of carbonyl (C=O) groups is 1. The van der Waals surface area contributed by atoms with Gasteiger partial charge in [-0.1, -0.05) is 55.8 Å². The Morgan fingerprint density at radius 3 is 2.18 bits per heavy atom. The number of nitrogens with zero attached hydrogens (tertiary/aromatic N) is 2. The number of anilines is 1. The number of hydrogen-bond donors (Lipinski definition) is 1. The van der Waals surface area contributed by atoms with Gasteiger partial charge in [0.1, 0.15) is 5.56 Å². The fourth-order valence-electron chi connectivity index (χ4n) is 4.30. The first-order valence-electron chi connectivity index (χ1n) is 11.6. The smallest absolute Gasteiger partial charge is 0.261 e. The topological polar surface area (TPSA) is 64.0 Å². The van der Waals surface area contributed by atoms with Crippen molar-refractivity contribution in [2.75, 3.05) is 5.32 Å². The molecule has 4 aromatic rings. The summed E-state index contributed by atoms with van der Waals surface area (Å²) in [6.07, 6.45) is 3.22. The van der Waals surface area contributed by atoms with E-state index in [2.05, 4.69) is 24.1 Å². The van der Waals surface area contributed by atoms with Gasteiger partial charge >= 0.3 is 0 Å². The summed E-state index contributed by atoms with van der Waals surface area (Å²) in [5.74, 6) is -0.429. The molecule has 5 heteroatoms. The van der Waals surface area contributed by atoms with Crippen LogP contribution in [0.1, 0.15) is 46.6 Å². The molecule has 0 fully saturated rings. The normalized spacial score (nSPS) is 10.8. The summed E-state index contributed by atoms with van der Waals surface area (Å²) in [6, 6.07) is 21.0. The molecule has 172 valence electrons. The molecule has 5 nitrogen and oxygen atoms in total. The van der Waals surface area contributed by atoms with Crippen LogP contribution < -0.4 is 10.7 Å². The number of rotatable bonds is 6. The molecule has 1 N–H and O–H groups in total. The van der Waals surface area contributed by atoms with Gasteiger partial charge in [0, 0.05) is 29.3 Å². The lowest BCUT2D eigenvalue weighted by Gasteiger charge is -2.21. The Balaban J connectivity index is 1.97. The van der Waals surface area contributed by atoms with Gasteiger partial charge in [0.05, 0.1) is 11.4 Å². The van der Waals surface area contributed by atoms with E-state index in [4.69, 9.17) is 0 Å². The van der Waals surface area contributed by atoms with Gasteiger partial charge in [-0.3, -0.25) is 14.6 Å². The summed E-state index contributed by atoms with van der Waals surface area (Å²) in [5, 5.41) is 3.08. The molecule has 0 radical (unpaired) electrons. The monoisotopic (exact) mass is 451 g/mol. The van der Waals surface area contributed by atoms with Gasteiger partial charge < -0.3 is 9.88 Å². The number of aryl methyl sites for hydroxylation is 4. The molecule has 0 atom stereocenters. The van der Waals surface area contributed by atoms with Crippen molar-refractivity contribution in [1.82, 2.24) is 9.55 Å². The molecule has 0 bridgehead atoms. The zero-order valence-corrected chi connectivity index (χ0v) is 20.1. The van der Waals surface area contributed by atoms with Crippen LogP contribution in [-0.4, -0.2) is 15.5 Å². The molecule has 2 heterocycles. The fourth-order valence-corrected chi connectivity index (χ4v) is 4.30. The van der Waals surface area contributed by atoms with E-state index < -0.39 is 5.91 Å². The van der Waals surface area contributed by atoms with Crippen molar-refractivity contribution in [3.8, 4) is 17.1 Å². The minimum absolute atomic E-state index is 0.0813. The predicted octanol–water partition coefficient (Wildman–Crippen LogP) is 5.89. The zero-order valence-electron chi connectivity index (χ0n) is 20.1. The van der Waals surface area contributed by atoms with Crippen molar-refractivity contribution in [1.29, 1.82) is 0 Å². The summed E-state index contributed by atoms with van der Waals surface area (Å²) < 4.78 is 1.94. The Morgan fingerprint density at radius 1 is 0.912 bits per heavy atom. The van der Waals surface area contributed by atoms with Crippen molar-refractivity contribution in [3.05, 3.63) is 111 Å². The van der Waals surface area contributed by atoms with E-state index >= 15 is 0 Å². The van der Waals surface area contributed by atoms with Crippen molar-refractivity contribution >= 4 is 11.6 Å². The molecule has 0 aliphatic carbocycles. The van der Waals surface area contributed by atoms with Crippen LogP contribution in [0.15, 0.2) is 77.7 Å². The molecule has 0 saturated heterocycles. The number of pyridine rings is 2. The van der Waals surface area contributed by atoms with Crippen LogP contribution in [0.25, 0.3) is 17.1 Å². The summed E-state index contributed by atoms with van der Waals surface area (Å²) in [4.78, 5) is 31.6. The van der Waals surface area contributed by atoms with Gasteiger partial charge in [0.15, 0.2) is 5.43 Å². The Kier molecular flexibility index (Phi) is 6.73. The van der Waals surface area contributed by atoms with E-state index in [1.54, 1.807) is 6.20 Å². The Bertz CT molecular complexity index is 1370. The fraction of sp³-hybridized carbons (Fsp3) is 0.207. The van der Waals surface area contributed by atoms with Gasteiger partial charge in [-0.2, -0.15) is 0 Å². The van der Waals surface area contributed by atoms with Crippen molar-refractivity contribution in [2.45, 2.75) is 40.5 Å². The average Bonchev–Trinajstić information content (AvgIpc) is 2.85. The first-order chi connectivity index (χ1) is 16.4. The van der Waals surface area contributed by atoms with Gasteiger partial charge in [-0.25, -0.2) is 0 Å². The highest BCUT2D eigenvalue weighted by Crippen LogP contribution is 2.28. The second-order valence-electron chi connectivity index (χ2n) is 8.37. The second kappa shape index (κ2) is 9.87. The molecular formula is C29H29N3O2. The summed E-state index contributed by atoms with van der Waals surface area (Å²) in [5.41, 5.74) is 6.39. The highest BCUT2D eigenvalue weighted by molar-refractivity contribution is 6.08. The van der Waals surface area contributed by atoms with Gasteiger partial charge in [-0.05, 0) is 62.1 Å². The Labute approximate surface area is 200 Å². The quantitative estimate of drug-likeness (QED) is 0.397. The first-order valence-corrected chi connectivity index (χ1v) is 11.6. The summed E-state index contributed by atoms with van der Waals surface area (Å²) in [6.45, 7) is 8.01. The van der Waals surface area contributed by atoms with E-state index in [1.807, 2.05) is 79.1 Å². The highest BCUT2D eigenvalue weighted by atomic mass is 16.2. The van der Waals surface area contributed by atoms with E-state index in [9.17, 15) is 9.59 Å². The van der Waals surface area contributed by atoms with E-state index in [0.29, 0.717) is 11.4 Å². The number of carbonyl (C=O) groups excluding carboxylic acids is 1. The Morgan fingerprint density at radius 2 is 1.59 bits per heavy atom. The van der Waals surface area contributed by atoms with E-state index in [0.717, 1.165) is 46.6 Å². The highest BCUT2D eigenvalue weighted by Gasteiger charge is 2.24. The average molecular weight is 452 g/mol. The van der Waals surface area contributed by atoms with E-state index in [-0.39, 0.29) is 11.0 Å². The predicted molar refractivity (Wildman–Crippen MR) is 138 cm³/mol. The molecule has 34 heavy (non-hydrogen) atoms. The van der Waals surface area contributed by atoms with Crippen molar-refractivity contribution in [2.24, 2.45) is 0 Å². The first kappa shape index (κ1) is 23.2. The van der Waals surface area contributed by atoms with Crippen LogP contribution >= 0.6 is 0 Å². The summed E-state index contributed by atoms with van der Waals surface area (Å²) >= 11 is 0. The molecule has 2 aromatic carbocycles. The number of amides is 1. The maximum Gasteiger partial charge on any atom is 0.261 e. The van der Waals surface area contributed by atoms with Gasteiger partial charge in [-0.15, -0.1) is 0 Å². The third-order valence-electron chi connectivity index (χ3n) is 6.06. The maximum atomic E-state index is 13.8. The molecule has 0 spiro atoms. The van der Waals surface area contributed by atoms with Crippen LogP contribution in [0.4, 0.5) is 5.69 Å². The number of nitrogens with one attached hydrogen (secondary N) is 1. The van der Waals surface area contributed by atoms with Crippen LogP contribution in [0.3, 0.4) is 0 Å². The summed E-state index contributed by atoms with van der Waals surface area (Å²) in [7, 11) is 0. The minimum Gasteiger partial charge on any atom is -0.321 e. The molecule has 0 unspecified atom stereocenters. The van der Waals surface area contributed by atoms with Crippen molar-refractivity contribution in [3.63, 3.8) is 0 Å². The molecule has 0 saturated carbocycles. The van der Waals surface area contributed by atoms with Crippen LogP contribution in [0, 0.1) is 13.8 Å². The lowest BCUT2D eigenvalue weighted by atomic mass is 10.0. The van der Waals surface area contributed by atoms with Gasteiger partial charge in [0.25, 0.3) is 5.91 Å². The van der Waals surface area contributed by atoms with E-state index in [1.165, 1.54) is 6.07 Å². The third kappa shape index (κ3) is 4.42. The minimum atomic E-state index is -0.429. The molecule has 1 amide bonds. The molecular weight excluding hydrogens is 422 g/mol.